The Hall–Kier alpha value is -2.67. The highest BCUT2D eigenvalue weighted by molar-refractivity contribution is 8.02. The van der Waals surface area contributed by atoms with Crippen molar-refractivity contribution in [3.8, 4) is 22.8 Å². The zero-order chi connectivity index (χ0) is 20.4. The second kappa shape index (κ2) is 8.14. The van der Waals surface area contributed by atoms with Crippen LogP contribution in [0, 0.1) is 0 Å². The molecule has 1 aliphatic rings. The monoisotopic (exact) mass is 401 g/mol. The Kier molecular flexibility index (Phi) is 5.84. The summed E-state index contributed by atoms with van der Waals surface area (Å²) in [5, 5.41) is 10.2. The van der Waals surface area contributed by atoms with Gasteiger partial charge >= 0.3 is 5.97 Å². The Labute approximate surface area is 167 Å². The normalized spacial score (nSPS) is 15.6. The van der Waals surface area contributed by atoms with Gasteiger partial charge in [-0.1, -0.05) is 6.08 Å². The highest BCUT2D eigenvalue weighted by atomic mass is 32.2. The van der Waals surface area contributed by atoms with Gasteiger partial charge in [-0.3, -0.25) is 4.79 Å². The maximum atomic E-state index is 12.6. The summed E-state index contributed by atoms with van der Waals surface area (Å²) >= 11 is 1.61. The van der Waals surface area contributed by atoms with Crippen molar-refractivity contribution in [2.24, 2.45) is 0 Å². The number of thioether (sulfide) groups is 1. The first-order valence-corrected chi connectivity index (χ1v) is 10.2. The lowest BCUT2D eigenvalue weighted by atomic mass is 9.91. The fourth-order valence-electron chi connectivity index (χ4n) is 3.56. The minimum absolute atomic E-state index is 0.0151. The molecule has 0 bridgehead atoms. The van der Waals surface area contributed by atoms with Crippen LogP contribution in [-0.2, 0) is 11.2 Å². The van der Waals surface area contributed by atoms with Crippen molar-refractivity contribution in [3.05, 3.63) is 56.7 Å². The number of ether oxygens (including phenoxy) is 2. The number of phenols is 1. The SMILES string of the molecule is C/C=C(\SC)C1Cc2cc(O)c(OC)cc2-c2cc(=O)c(C(=O)OCC)cn21. The van der Waals surface area contributed by atoms with E-state index in [-0.39, 0.29) is 24.0 Å². The molecule has 2 aromatic rings. The van der Waals surface area contributed by atoms with Gasteiger partial charge in [0.25, 0.3) is 0 Å². The lowest BCUT2D eigenvalue weighted by molar-refractivity contribution is 0.0523. The van der Waals surface area contributed by atoms with Crippen LogP contribution in [0.1, 0.15) is 35.8 Å². The van der Waals surface area contributed by atoms with Crippen molar-refractivity contribution in [1.29, 1.82) is 0 Å². The van der Waals surface area contributed by atoms with Gasteiger partial charge in [0.05, 0.1) is 25.5 Å². The van der Waals surface area contributed by atoms with E-state index in [9.17, 15) is 14.7 Å². The molecule has 1 aliphatic heterocycles. The van der Waals surface area contributed by atoms with Crippen molar-refractivity contribution >= 4 is 17.7 Å². The summed E-state index contributed by atoms with van der Waals surface area (Å²) in [6.45, 7) is 3.87. The third-order valence-corrected chi connectivity index (χ3v) is 5.83. The Morgan fingerprint density at radius 2 is 2.14 bits per heavy atom. The number of nitrogens with zero attached hydrogens (tertiary/aromatic N) is 1. The minimum Gasteiger partial charge on any atom is -0.504 e. The number of hydrogen-bond donors (Lipinski definition) is 1. The van der Waals surface area contributed by atoms with E-state index < -0.39 is 11.4 Å². The van der Waals surface area contributed by atoms with Crippen LogP contribution in [0.25, 0.3) is 11.3 Å². The van der Waals surface area contributed by atoms with Crippen LogP contribution in [0.15, 0.2) is 40.2 Å². The molecule has 0 saturated heterocycles. The van der Waals surface area contributed by atoms with Crippen molar-refractivity contribution in [1.82, 2.24) is 4.57 Å². The number of methoxy groups -OCH3 is 1. The lowest BCUT2D eigenvalue weighted by Crippen LogP contribution is -2.26. The highest BCUT2D eigenvalue weighted by Crippen LogP contribution is 2.43. The predicted molar refractivity (Wildman–Crippen MR) is 110 cm³/mol. The van der Waals surface area contributed by atoms with Crippen molar-refractivity contribution in [3.63, 3.8) is 0 Å². The van der Waals surface area contributed by atoms with Crippen molar-refractivity contribution in [2.45, 2.75) is 26.3 Å². The molecule has 3 rings (SSSR count). The molecule has 0 saturated carbocycles. The smallest absolute Gasteiger partial charge is 0.343 e. The molecule has 7 heteroatoms. The van der Waals surface area contributed by atoms with Gasteiger partial charge in [-0.25, -0.2) is 4.79 Å². The topological polar surface area (TPSA) is 77.8 Å². The Morgan fingerprint density at radius 3 is 2.75 bits per heavy atom. The van der Waals surface area contributed by atoms with Gasteiger partial charge in [-0.05, 0) is 44.2 Å². The van der Waals surface area contributed by atoms with Crippen LogP contribution in [-0.4, -0.2) is 35.6 Å². The average Bonchev–Trinajstić information content (AvgIpc) is 2.68. The molecular formula is C21H23NO5S. The maximum absolute atomic E-state index is 12.6. The number of aromatic hydroxyl groups is 1. The molecule has 28 heavy (non-hydrogen) atoms. The van der Waals surface area contributed by atoms with Crippen LogP contribution in [0.4, 0.5) is 0 Å². The summed E-state index contributed by atoms with van der Waals surface area (Å²) in [5.74, 6) is -0.228. The van der Waals surface area contributed by atoms with Gasteiger partial charge < -0.3 is 19.1 Å². The zero-order valence-corrected chi connectivity index (χ0v) is 17.1. The van der Waals surface area contributed by atoms with Crippen LogP contribution in [0.5, 0.6) is 11.5 Å². The van der Waals surface area contributed by atoms with Gasteiger partial charge in [0.2, 0.25) is 0 Å². The van der Waals surface area contributed by atoms with Gasteiger partial charge in [-0.2, -0.15) is 0 Å². The van der Waals surface area contributed by atoms with E-state index in [0.29, 0.717) is 17.9 Å². The van der Waals surface area contributed by atoms with E-state index in [4.69, 9.17) is 9.47 Å². The molecule has 0 spiro atoms. The molecule has 1 aromatic carbocycles. The summed E-state index contributed by atoms with van der Waals surface area (Å²) in [6, 6.07) is 4.78. The summed E-state index contributed by atoms with van der Waals surface area (Å²) in [5.41, 5.74) is 2.02. The first-order chi connectivity index (χ1) is 13.4. The quantitative estimate of drug-likeness (QED) is 0.769. The first kappa shape index (κ1) is 20.1. The molecule has 0 fully saturated rings. The summed E-state index contributed by atoms with van der Waals surface area (Å²) in [6.07, 6.45) is 6.22. The van der Waals surface area contributed by atoms with Crippen LogP contribution < -0.4 is 10.2 Å². The van der Waals surface area contributed by atoms with Gasteiger partial charge in [0.15, 0.2) is 16.9 Å². The number of pyridine rings is 1. The minimum atomic E-state index is -0.623. The largest absolute Gasteiger partial charge is 0.504 e. The number of rotatable bonds is 5. The first-order valence-electron chi connectivity index (χ1n) is 8.98. The zero-order valence-electron chi connectivity index (χ0n) is 16.3. The predicted octanol–water partition coefficient (Wildman–Crippen LogP) is 3.77. The van der Waals surface area contributed by atoms with Crippen molar-refractivity contribution in [2.75, 3.05) is 20.0 Å². The maximum Gasteiger partial charge on any atom is 0.343 e. The van der Waals surface area contributed by atoms with Gasteiger partial charge in [-0.15, -0.1) is 11.8 Å². The average molecular weight is 401 g/mol. The Balaban J connectivity index is 2.28. The van der Waals surface area contributed by atoms with E-state index in [1.165, 1.54) is 13.2 Å². The number of benzene rings is 1. The summed E-state index contributed by atoms with van der Waals surface area (Å²) in [4.78, 5) is 26.0. The van der Waals surface area contributed by atoms with Gasteiger partial charge in [0.1, 0.15) is 5.56 Å². The van der Waals surface area contributed by atoms with Crippen LogP contribution in [0.2, 0.25) is 0 Å². The third kappa shape index (κ3) is 3.42. The number of carbonyl (C=O) groups is 1. The number of carbonyl (C=O) groups excluding carboxylic acids is 1. The van der Waals surface area contributed by atoms with Crippen LogP contribution >= 0.6 is 11.8 Å². The molecule has 2 heterocycles. The molecule has 0 radical (unpaired) electrons. The molecule has 148 valence electrons. The van der Waals surface area contributed by atoms with Crippen LogP contribution in [0.3, 0.4) is 0 Å². The van der Waals surface area contributed by atoms with Gasteiger partial charge in [0, 0.05) is 22.7 Å². The number of allylic oxidation sites excluding steroid dienone is 2. The Bertz CT molecular complexity index is 1010. The molecule has 6 nitrogen and oxygen atoms in total. The standard InChI is InChI=1S/C21H23NO5S/c1-5-20(28-4)16-7-12-8-18(24)19(26-3)9-13(12)15-10-17(23)14(11-22(15)16)21(25)27-6-2/h5,8-11,16,24H,6-7H2,1-4H3/b20-5-. The second-order valence-corrected chi connectivity index (χ2v) is 7.24. The van der Waals surface area contributed by atoms with E-state index in [1.54, 1.807) is 37.0 Å². The third-order valence-electron chi connectivity index (χ3n) is 4.85. The summed E-state index contributed by atoms with van der Waals surface area (Å²) in [7, 11) is 1.48. The Morgan fingerprint density at radius 1 is 1.39 bits per heavy atom. The number of fused-ring (bicyclic) bond motifs is 3. The van der Waals surface area contributed by atoms with E-state index >= 15 is 0 Å². The molecular weight excluding hydrogens is 378 g/mol. The molecule has 1 unspecified atom stereocenters. The fraction of sp³-hybridized carbons (Fsp3) is 0.333. The molecule has 0 aliphatic carbocycles. The molecule has 0 amide bonds. The number of phenolic OH excluding ortho intramolecular Hbond substituents is 1. The van der Waals surface area contributed by atoms with Crippen molar-refractivity contribution < 1.29 is 19.4 Å². The van der Waals surface area contributed by atoms with E-state index in [0.717, 1.165) is 16.0 Å². The molecule has 1 aromatic heterocycles. The highest BCUT2D eigenvalue weighted by Gasteiger charge is 2.29. The molecule has 1 N–H and O–H groups in total. The van der Waals surface area contributed by atoms with E-state index in [2.05, 4.69) is 0 Å². The second-order valence-electron chi connectivity index (χ2n) is 6.36. The fourth-order valence-corrected chi connectivity index (χ4v) is 4.26. The lowest BCUT2D eigenvalue weighted by Gasteiger charge is -2.32. The summed E-state index contributed by atoms with van der Waals surface area (Å²) < 4.78 is 12.2. The van der Waals surface area contributed by atoms with E-state index in [1.807, 2.05) is 23.8 Å². The number of hydrogen-bond acceptors (Lipinski definition) is 6. The molecule has 1 atom stereocenters. The number of aromatic nitrogens is 1. The number of esters is 1.